The number of nitrogens with one attached hydrogen (secondary N) is 1. The summed E-state index contributed by atoms with van der Waals surface area (Å²) in [6, 6.07) is 9.13. The van der Waals surface area contributed by atoms with Crippen LogP contribution in [0.15, 0.2) is 47.1 Å². The molecule has 1 aromatic heterocycles. The Hall–Kier alpha value is -2.49. The molecule has 2 rings (SSSR count). The van der Waals surface area contributed by atoms with Crippen LogP contribution in [0.3, 0.4) is 0 Å². The fraction of sp³-hybridized carbons (Fsp3) is 0.133. The van der Waals surface area contributed by atoms with Crippen molar-refractivity contribution in [2.75, 3.05) is 12.4 Å². The maximum absolute atomic E-state index is 11.8. The normalized spacial score (nSPS) is 10.6. The van der Waals surface area contributed by atoms with Crippen LogP contribution in [0.1, 0.15) is 11.3 Å². The molecule has 0 saturated carbocycles. The molecule has 1 aromatic carbocycles. The van der Waals surface area contributed by atoms with Crippen LogP contribution >= 0.6 is 0 Å². The number of benzene rings is 1. The second-order valence-corrected chi connectivity index (χ2v) is 3.99. The Morgan fingerprint density at radius 1 is 1.32 bits per heavy atom. The molecule has 4 heteroatoms. The Balaban J connectivity index is 2.11. The Bertz CT molecular complexity index is 585. The van der Waals surface area contributed by atoms with E-state index in [-0.39, 0.29) is 5.91 Å². The fourth-order valence-corrected chi connectivity index (χ4v) is 1.68. The lowest BCUT2D eigenvalue weighted by atomic mass is 10.2. The van der Waals surface area contributed by atoms with Gasteiger partial charge in [0.1, 0.15) is 11.5 Å². The number of para-hydroxylation sites is 1. The summed E-state index contributed by atoms with van der Waals surface area (Å²) in [5.41, 5.74) is 1.62. The first-order valence-electron chi connectivity index (χ1n) is 5.87. The molecule has 0 atom stereocenters. The van der Waals surface area contributed by atoms with Crippen LogP contribution in [0.2, 0.25) is 0 Å². The summed E-state index contributed by atoms with van der Waals surface area (Å²) >= 11 is 0. The van der Waals surface area contributed by atoms with Crippen molar-refractivity contribution in [2.24, 2.45) is 0 Å². The van der Waals surface area contributed by atoms with Gasteiger partial charge in [-0.3, -0.25) is 4.79 Å². The van der Waals surface area contributed by atoms with E-state index in [0.717, 1.165) is 5.56 Å². The summed E-state index contributed by atoms with van der Waals surface area (Å²) in [6.45, 7) is 1.91. The third-order valence-corrected chi connectivity index (χ3v) is 2.64. The molecule has 2 aromatic rings. The average molecular weight is 257 g/mol. The van der Waals surface area contributed by atoms with Gasteiger partial charge in [-0.15, -0.1) is 0 Å². The molecule has 0 aliphatic carbocycles. The highest BCUT2D eigenvalue weighted by molar-refractivity contribution is 6.03. The van der Waals surface area contributed by atoms with E-state index in [4.69, 9.17) is 9.15 Å². The van der Waals surface area contributed by atoms with E-state index in [1.807, 2.05) is 19.1 Å². The van der Waals surface area contributed by atoms with Gasteiger partial charge in [0, 0.05) is 6.08 Å². The SMILES string of the molecule is COc1cccc(C)c1NC(=O)C=Cc1ccco1. The summed E-state index contributed by atoms with van der Waals surface area (Å²) < 4.78 is 10.3. The molecule has 0 bridgehead atoms. The van der Waals surface area contributed by atoms with Crippen LogP contribution < -0.4 is 10.1 Å². The van der Waals surface area contributed by atoms with Crippen LogP contribution in [0.5, 0.6) is 5.75 Å². The number of hydrogen-bond acceptors (Lipinski definition) is 3. The van der Waals surface area contributed by atoms with Crippen LogP contribution in [0.25, 0.3) is 6.08 Å². The zero-order chi connectivity index (χ0) is 13.7. The van der Waals surface area contributed by atoms with Crippen LogP contribution in [-0.4, -0.2) is 13.0 Å². The van der Waals surface area contributed by atoms with E-state index in [2.05, 4.69) is 5.32 Å². The molecule has 0 saturated heterocycles. The van der Waals surface area contributed by atoms with Crippen molar-refractivity contribution in [3.63, 3.8) is 0 Å². The number of furan rings is 1. The maximum atomic E-state index is 11.8. The Morgan fingerprint density at radius 3 is 2.84 bits per heavy atom. The first-order valence-corrected chi connectivity index (χ1v) is 5.87. The minimum atomic E-state index is -0.232. The predicted octanol–water partition coefficient (Wildman–Crippen LogP) is 3.25. The number of methoxy groups -OCH3 is 1. The third-order valence-electron chi connectivity index (χ3n) is 2.64. The van der Waals surface area contributed by atoms with Gasteiger partial charge in [-0.1, -0.05) is 12.1 Å². The Morgan fingerprint density at radius 2 is 2.16 bits per heavy atom. The minimum Gasteiger partial charge on any atom is -0.495 e. The molecule has 0 radical (unpaired) electrons. The van der Waals surface area contributed by atoms with Gasteiger partial charge in [0.15, 0.2) is 0 Å². The van der Waals surface area contributed by atoms with Gasteiger partial charge in [0.05, 0.1) is 19.1 Å². The zero-order valence-corrected chi connectivity index (χ0v) is 10.8. The van der Waals surface area contributed by atoms with Crippen molar-refractivity contribution in [3.8, 4) is 5.75 Å². The van der Waals surface area contributed by atoms with Crippen molar-refractivity contribution in [1.29, 1.82) is 0 Å². The quantitative estimate of drug-likeness (QED) is 0.855. The third kappa shape index (κ3) is 3.25. The molecule has 19 heavy (non-hydrogen) atoms. The molecule has 0 aliphatic heterocycles. The van der Waals surface area contributed by atoms with Crippen molar-refractivity contribution in [1.82, 2.24) is 0 Å². The molecule has 0 fully saturated rings. The number of anilines is 1. The van der Waals surface area contributed by atoms with Crippen molar-refractivity contribution >= 4 is 17.7 Å². The van der Waals surface area contributed by atoms with Crippen LogP contribution in [0.4, 0.5) is 5.69 Å². The molecule has 4 nitrogen and oxygen atoms in total. The minimum absolute atomic E-state index is 0.232. The van der Waals surface area contributed by atoms with Gasteiger partial charge in [-0.2, -0.15) is 0 Å². The van der Waals surface area contributed by atoms with Gasteiger partial charge >= 0.3 is 0 Å². The zero-order valence-electron chi connectivity index (χ0n) is 10.8. The largest absolute Gasteiger partial charge is 0.495 e. The van der Waals surface area contributed by atoms with Crippen molar-refractivity contribution in [3.05, 3.63) is 54.0 Å². The Kier molecular flexibility index (Phi) is 4.03. The van der Waals surface area contributed by atoms with Gasteiger partial charge in [-0.25, -0.2) is 0 Å². The highest BCUT2D eigenvalue weighted by Crippen LogP contribution is 2.27. The monoisotopic (exact) mass is 257 g/mol. The molecule has 0 unspecified atom stereocenters. The number of aryl methyl sites for hydroxylation is 1. The van der Waals surface area contributed by atoms with Crippen molar-refractivity contribution in [2.45, 2.75) is 6.92 Å². The van der Waals surface area contributed by atoms with Gasteiger partial charge in [0.2, 0.25) is 5.91 Å². The number of carbonyl (C=O) groups excluding carboxylic acids is 1. The standard InChI is InChI=1S/C15H15NO3/c1-11-5-3-7-13(18-2)15(11)16-14(17)9-8-12-6-4-10-19-12/h3-10H,1-2H3,(H,16,17). The van der Waals surface area contributed by atoms with E-state index < -0.39 is 0 Å². The van der Waals surface area contributed by atoms with E-state index in [9.17, 15) is 4.79 Å². The molecular weight excluding hydrogens is 242 g/mol. The summed E-state index contributed by atoms with van der Waals surface area (Å²) in [7, 11) is 1.57. The second-order valence-electron chi connectivity index (χ2n) is 3.99. The first kappa shape index (κ1) is 13.0. The Labute approximate surface area is 111 Å². The van der Waals surface area contributed by atoms with Gasteiger partial charge in [-0.05, 0) is 36.8 Å². The highest BCUT2D eigenvalue weighted by Gasteiger charge is 2.07. The summed E-state index contributed by atoms with van der Waals surface area (Å²) in [6.07, 6.45) is 4.59. The van der Waals surface area contributed by atoms with E-state index in [1.165, 1.54) is 6.08 Å². The van der Waals surface area contributed by atoms with E-state index in [1.54, 1.807) is 37.6 Å². The molecule has 1 heterocycles. The number of hydrogen-bond donors (Lipinski definition) is 1. The lowest BCUT2D eigenvalue weighted by molar-refractivity contribution is -0.111. The lowest BCUT2D eigenvalue weighted by Crippen LogP contribution is -2.10. The number of ether oxygens (including phenoxy) is 1. The maximum Gasteiger partial charge on any atom is 0.248 e. The lowest BCUT2D eigenvalue weighted by Gasteiger charge is -2.11. The molecular formula is C15H15NO3. The molecule has 1 amide bonds. The smallest absolute Gasteiger partial charge is 0.248 e. The summed E-state index contributed by atoms with van der Waals surface area (Å²) in [5.74, 6) is 1.04. The summed E-state index contributed by atoms with van der Waals surface area (Å²) in [4.78, 5) is 11.8. The van der Waals surface area contributed by atoms with Gasteiger partial charge in [0.25, 0.3) is 0 Å². The first-order chi connectivity index (χ1) is 9.20. The summed E-state index contributed by atoms with van der Waals surface area (Å²) in [5, 5.41) is 2.80. The van der Waals surface area contributed by atoms with E-state index in [0.29, 0.717) is 17.2 Å². The highest BCUT2D eigenvalue weighted by atomic mass is 16.5. The number of amides is 1. The molecule has 0 aliphatic rings. The van der Waals surface area contributed by atoms with Crippen LogP contribution in [-0.2, 0) is 4.79 Å². The topological polar surface area (TPSA) is 51.5 Å². The number of rotatable bonds is 4. The fourth-order valence-electron chi connectivity index (χ4n) is 1.68. The predicted molar refractivity (Wildman–Crippen MR) is 74.1 cm³/mol. The van der Waals surface area contributed by atoms with Crippen LogP contribution in [0, 0.1) is 6.92 Å². The molecule has 98 valence electrons. The second kappa shape index (κ2) is 5.91. The van der Waals surface area contributed by atoms with Crippen molar-refractivity contribution < 1.29 is 13.9 Å². The van der Waals surface area contributed by atoms with E-state index >= 15 is 0 Å². The average Bonchev–Trinajstić information content (AvgIpc) is 2.92. The molecule has 1 N–H and O–H groups in total. The van der Waals surface area contributed by atoms with Gasteiger partial charge < -0.3 is 14.5 Å². The molecule has 0 spiro atoms. The number of carbonyl (C=O) groups is 1.